The molecule has 0 saturated heterocycles. The number of benzene rings is 8. The van der Waals surface area contributed by atoms with E-state index in [1.807, 2.05) is 0 Å². The Bertz CT molecular complexity index is 3820. The largest absolute Gasteiger partial charge is 0.416 e. The predicted octanol–water partition coefficient (Wildman–Crippen LogP) is 24.6. The van der Waals surface area contributed by atoms with Gasteiger partial charge in [-0.3, -0.25) is 0 Å². The van der Waals surface area contributed by atoms with Crippen LogP contribution >= 0.6 is 0 Å². The Morgan fingerprint density at radius 3 is 0.796 bits per heavy atom. The minimum Gasteiger partial charge on any atom is -0.314 e. The summed E-state index contributed by atoms with van der Waals surface area (Å²) in [6.07, 6.45) is -37.4. The summed E-state index contributed by atoms with van der Waals surface area (Å²) in [5.74, 6) is -1.26. The Labute approximate surface area is 512 Å². The van der Waals surface area contributed by atoms with Crippen LogP contribution in [0.1, 0.15) is 58.4 Å². The lowest BCUT2D eigenvalue weighted by Crippen LogP contribution is -2.23. The lowest BCUT2D eigenvalue weighted by molar-refractivity contribution is -0.144. The van der Waals surface area contributed by atoms with Gasteiger partial charge in [-0.25, -0.2) is 0 Å². The molecular weight excluding hydrogens is 1290 g/mol. The monoisotopic (exact) mass is 1330 g/mol. The highest BCUT2D eigenvalue weighted by Gasteiger charge is 2.42. The van der Waals surface area contributed by atoms with Gasteiger partial charge in [0.05, 0.1) is 44.5 Å². The molecule has 0 aromatic heterocycles. The SMILES string of the molecule is C=C/C=C(\C(C)/C=C(\C=C/C)N(c1ccccc1)c1cc(-c2cc(C(F)(F)F)cc(C(F)(F)F)c2)cc(-c2cc(C(F)(F)F)cc(C(F)(F)F)c2)c1)N(c1ccccc1)c1cc(-c2cc(C(F)(F)F)cc(C(F)(F)F)c2)cc(-c2cc(C(F)(F)F)cc(C(F)(F)F)c2)c1. The highest BCUT2D eigenvalue weighted by atomic mass is 19.4. The molecule has 8 aromatic carbocycles. The van der Waals surface area contributed by atoms with Gasteiger partial charge in [-0.05, 0) is 197 Å². The average molecular weight is 1330 g/mol. The second kappa shape index (κ2) is 25.6. The van der Waals surface area contributed by atoms with E-state index in [1.54, 1.807) is 0 Å². The van der Waals surface area contributed by atoms with Crippen molar-refractivity contribution in [2.45, 2.75) is 63.3 Å². The normalized spacial score (nSPS) is 13.8. The van der Waals surface area contributed by atoms with Crippen molar-refractivity contribution in [3.63, 3.8) is 0 Å². The molecule has 0 spiro atoms. The Morgan fingerprint density at radius 1 is 0.323 bits per heavy atom. The van der Waals surface area contributed by atoms with Crippen molar-refractivity contribution in [1.82, 2.24) is 0 Å². The Hall–Kier alpha value is -9.36. The molecule has 0 aliphatic rings. The summed E-state index contributed by atoms with van der Waals surface area (Å²) in [6.45, 7) is 6.63. The van der Waals surface area contributed by atoms with Crippen LogP contribution in [0, 0.1) is 5.92 Å². The van der Waals surface area contributed by atoms with E-state index in [0.29, 0.717) is 0 Å². The van der Waals surface area contributed by atoms with Crippen molar-refractivity contribution in [1.29, 1.82) is 0 Å². The van der Waals surface area contributed by atoms with Gasteiger partial charge in [0, 0.05) is 40.1 Å². The number of anilines is 4. The molecule has 0 aliphatic carbocycles. The molecule has 8 aromatic rings. The quantitative estimate of drug-likeness (QED) is 0.0791. The number of hydrogen-bond donors (Lipinski definition) is 0. The van der Waals surface area contributed by atoms with Crippen molar-refractivity contribution in [2.75, 3.05) is 9.80 Å². The van der Waals surface area contributed by atoms with Crippen molar-refractivity contribution in [3.8, 4) is 44.5 Å². The van der Waals surface area contributed by atoms with E-state index in [1.165, 1.54) is 109 Å². The smallest absolute Gasteiger partial charge is 0.314 e. The first-order valence-corrected chi connectivity index (χ1v) is 26.8. The Morgan fingerprint density at radius 2 is 0.559 bits per heavy atom. The summed E-state index contributed by atoms with van der Waals surface area (Å²) < 4.78 is 348. The fourth-order valence-corrected chi connectivity index (χ4v) is 9.95. The maximum Gasteiger partial charge on any atom is 0.416 e. The van der Waals surface area contributed by atoms with E-state index < -0.39 is 144 Å². The lowest BCUT2D eigenvalue weighted by Gasteiger charge is -2.33. The number of allylic oxidation sites excluding steroid dienone is 5. The standard InChI is InChI=1S/C67H42F24N2/c1-4-12-56(92(54-14-8-6-9-15-54)57-29-38(42-21-46(60(68,69)70)33-47(22-42)61(71,72)73)19-39(30-57)43-23-48(62(74,75)76)34-49(24-43)63(77,78)79)18-37(3)59(13-5-2)93(55-16-10-7-11-17-55)58-31-40(44-25-50(64(80,81)82)35-51(26-44)65(83,84)85)20-41(32-58)45-27-52(66(86,87)88)36-53(28-45)67(89,90)91/h4-37H,2H2,1,3H3/b12-4-,56-18+,59-13+. The molecule has 0 bridgehead atoms. The minimum absolute atomic E-state index is 0.0254. The molecule has 488 valence electrons. The Balaban J connectivity index is 1.45. The number of halogens is 24. The van der Waals surface area contributed by atoms with E-state index in [4.69, 9.17) is 0 Å². The number of para-hydroxylation sites is 2. The molecule has 0 heterocycles. The van der Waals surface area contributed by atoms with Gasteiger partial charge in [0.25, 0.3) is 0 Å². The van der Waals surface area contributed by atoms with Crippen LogP contribution in [-0.2, 0) is 49.4 Å². The topological polar surface area (TPSA) is 6.48 Å². The van der Waals surface area contributed by atoms with Crippen LogP contribution in [0.15, 0.2) is 218 Å². The fraction of sp³-hybridized carbons (Fsp3) is 0.164. The maximum absolute atomic E-state index is 14.5. The summed E-state index contributed by atoms with van der Waals surface area (Å²) in [5, 5.41) is 0. The molecule has 2 nitrogen and oxygen atoms in total. The minimum atomic E-state index is -5.48. The summed E-state index contributed by atoms with van der Waals surface area (Å²) in [7, 11) is 0. The average Bonchev–Trinajstić information content (AvgIpc) is 0.779. The molecule has 0 radical (unpaired) electrons. The predicted molar refractivity (Wildman–Crippen MR) is 302 cm³/mol. The van der Waals surface area contributed by atoms with Crippen LogP contribution < -0.4 is 9.80 Å². The van der Waals surface area contributed by atoms with Crippen LogP contribution in [0.25, 0.3) is 44.5 Å². The van der Waals surface area contributed by atoms with Gasteiger partial charge < -0.3 is 9.80 Å². The van der Waals surface area contributed by atoms with Crippen molar-refractivity contribution in [3.05, 3.63) is 263 Å². The van der Waals surface area contributed by atoms with Gasteiger partial charge in [0.1, 0.15) is 0 Å². The van der Waals surface area contributed by atoms with Crippen LogP contribution in [0.4, 0.5) is 128 Å². The molecule has 0 N–H and O–H groups in total. The third-order valence-electron chi connectivity index (χ3n) is 14.1. The molecule has 8 rings (SSSR count). The van der Waals surface area contributed by atoms with Crippen LogP contribution in [-0.4, -0.2) is 0 Å². The molecular formula is C67H42F24N2. The number of alkyl halides is 24. The summed E-state index contributed by atoms with van der Waals surface area (Å²) in [6, 6.07) is 20.8. The van der Waals surface area contributed by atoms with Gasteiger partial charge in [0.15, 0.2) is 0 Å². The van der Waals surface area contributed by atoms with Gasteiger partial charge in [0.2, 0.25) is 0 Å². The molecule has 0 fully saturated rings. The fourth-order valence-electron chi connectivity index (χ4n) is 9.95. The van der Waals surface area contributed by atoms with E-state index >= 15 is 0 Å². The van der Waals surface area contributed by atoms with Gasteiger partial charge in [-0.2, -0.15) is 105 Å². The first kappa shape index (κ1) is 69.5. The zero-order chi connectivity index (χ0) is 68.8. The third-order valence-corrected chi connectivity index (χ3v) is 14.1. The van der Waals surface area contributed by atoms with Crippen LogP contribution in [0.2, 0.25) is 0 Å². The van der Waals surface area contributed by atoms with E-state index in [2.05, 4.69) is 6.58 Å². The van der Waals surface area contributed by atoms with Gasteiger partial charge in [-0.1, -0.05) is 68.1 Å². The molecule has 0 saturated carbocycles. The van der Waals surface area contributed by atoms with E-state index in [9.17, 15) is 105 Å². The molecule has 0 amide bonds. The molecule has 1 atom stereocenters. The van der Waals surface area contributed by atoms with Crippen LogP contribution in [0.3, 0.4) is 0 Å². The van der Waals surface area contributed by atoms with Crippen LogP contribution in [0.5, 0.6) is 0 Å². The lowest BCUT2D eigenvalue weighted by atomic mass is 9.92. The van der Waals surface area contributed by atoms with Crippen molar-refractivity contribution >= 4 is 22.7 Å². The summed E-state index contributed by atoms with van der Waals surface area (Å²) in [5.41, 5.74) is -21.9. The summed E-state index contributed by atoms with van der Waals surface area (Å²) >= 11 is 0. The summed E-state index contributed by atoms with van der Waals surface area (Å²) in [4.78, 5) is 2.47. The molecule has 93 heavy (non-hydrogen) atoms. The zero-order valence-corrected chi connectivity index (χ0v) is 47.3. The van der Waals surface area contributed by atoms with E-state index in [-0.39, 0.29) is 107 Å². The van der Waals surface area contributed by atoms with Gasteiger partial charge in [-0.15, -0.1) is 0 Å². The van der Waals surface area contributed by atoms with Crippen molar-refractivity contribution in [2.24, 2.45) is 5.92 Å². The zero-order valence-electron chi connectivity index (χ0n) is 47.3. The third kappa shape index (κ3) is 16.5. The maximum atomic E-state index is 14.5. The second-order valence-electron chi connectivity index (χ2n) is 20.8. The van der Waals surface area contributed by atoms with Gasteiger partial charge >= 0.3 is 49.4 Å². The number of hydrogen-bond acceptors (Lipinski definition) is 2. The Kier molecular flexibility index (Phi) is 19.1. The molecule has 0 aliphatic heterocycles. The second-order valence-corrected chi connectivity index (χ2v) is 20.8. The number of nitrogens with zero attached hydrogens (tertiary/aromatic N) is 2. The van der Waals surface area contributed by atoms with Crippen molar-refractivity contribution < 1.29 is 105 Å². The number of rotatable bonds is 14. The highest BCUT2D eigenvalue weighted by Crippen LogP contribution is 2.48. The first-order valence-electron chi connectivity index (χ1n) is 26.8. The molecule has 26 heteroatoms. The first-order chi connectivity index (χ1) is 42.9. The molecule has 1 unspecified atom stereocenters. The highest BCUT2D eigenvalue weighted by molar-refractivity contribution is 5.85. The van der Waals surface area contributed by atoms with E-state index in [0.717, 1.165) is 42.5 Å².